The van der Waals surface area contributed by atoms with E-state index >= 15 is 0 Å². The monoisotopic (exact) mass is 378 g/mol. The quantitative estimate of drug-likeness (QED) is 0.474. The number of fused-ring (bicyclic) bond motifs is 1. The molecule has 3 aromatic rings. The number of carbonyl (C=O) groups excluding carboxylic acids is 1. The van der Waals surface area contributed by atoms with Crippen LogP contribution in [-0.4, -0.2) is 5.78 Å². The van der Waals surface area contributed by atoms with Crippen molar-refractivity contribution in [2.24, 2.45) is 5.92 Å². The first kappa shape index (κ1) is 17.4. The molecular formula is C23H19ClOS. The Balaban J connectivity index is 1.71. The third kappa shape index (κ3) is 3.58. The van der Waals surface area contributed by atoms with E-state index in [-0.39, 0.29) is 17.0 Å². The molecule has 1 nitrogen and oxygen atoms in total. The average Bonchev–Trinajstić information content (AvgIpc) is 2.69. The van der Waals surface area contributed by atoms with Gasteiger partial charge in [0.05, 0.1) is 0 Å². The zero-order valence-electron chi connectivity index (χ0n) is 14.3. The standard InChI is InChI=1S/C23H19ClOS/c24-18-13-10-17(11-14-18)23(26-19-7-2-1-3-8-19)21-15-12-16-6-4-5-9-20(16)22(21)25/h1-11,13-14,21,23H,12,15H2/t21-,23+/m0/s1. The average molecular weight is 379 g/mol. The molecule has 1 aliphatic rings. The Morgan fingerprint density at radius 2 is 1.58 bits per heavy atom. The van der Waals surface area contributed by atoms with Crippen LogP contribution in [0.25, 0.3) is 0 Å². The van der Waals surface area contributed by atoms with Crippen molar-refractivity contribution in [3.8, 4) is 0 Å². The fraction of sp³-hybridized carbons (Fsp3) is 0.174. The van der Waals surface area contributed by atoms with Gasteiger partial charge in [-0.3, -0.25) is 4.79 Å². The van der Waals surface area contributed by atoms with E-state index in [0.717, 1.165) is 29.0 Å². The molecule has 0 N–H and O–H groups in total. The lowest BCUT2D eigenvalue weighted by Gasteiger charge is -2.30. The van der Waals surface area contributed by atoms with Gasteiger partial charge in [-0.1, -0.05) is 66.2 Å². The summed E-state index contributed by atoms with van der Waals surface area (Å²) < 4.78 is 0. The lowest BCUT2D eigenvalue weighted by atomic mass is 9.79. The molecule has 4 rings (SSSR count). The Morgan fingerprint density at radius 1 is 0.885 bits per heavy atom. The molecule has 0 aromatic heterocycles. The van der Waals surface area contributed by atoms with Crippen LogP contribution in [-0.2, 0) is 6.42 Å². The predicted octanol–water partition coefficient (Wildman–Crippen LogP) is 6.62. The fourth-order valence-corrected chi connectivity index (χ4v) is 5.04. The third-order valence-electron chi connectivity index (χ3n) is 4.91. The Labute approximate surface area is 163 Å². The normalized spacial score (nSPS) is 17.6. The summed E-state index contributed by atoms with van der Waals surface area (Å²) in [6.07, 6.45) is 1.83. The molecule has 0 unspecified atom stereocenters. The lowest BCUT2D eigenvalue weighted by Crippen LogP contribution is -2.27. The maximum atomic E-state index is 13.2. The van der Waals surface area contributed by atoms with Crippen LogP contribution in [0.1, 0.15) is 33.2 Å². The van der Waals surface area contributed by atoms with Gasteiger partial charge in [0.25, 0.3) is 0 Å². The molecule has 0 saturated heterocycles. The summed E-state index contributed by atoms with van der Waals surface area (Å²) in [5.74, 6) is 0.228. The number of halogens is 1. The fourth-order valence-electron chi connectivity index (χ4n) is 3.59. The summed E-state index contributed by atoms with van der Waals surface area (Å²) >= 11 is 7.85. The molecule has 3 aromatic carbocycles. The second kappa shape index (κ2) is 7.69. The van der Waals surface area contributed by atoms with E-state index in [9.17, 15) is 4.79 Å². The number of hydrogen-bond donors (Lipinski definition) is 0. The van der Waals surface area contributed by atoms with Gasteiger partial charge < -0.3 is 0 Å². The second-order valence-electron chi connectivity index (χ2n) is 6.57. The molecule has 0 saturated carbocycles. The van der Waals surface area contributed by atoms with Crippen molar-refractivity contribution in [3.05, 3.63) is 101 Å². The highest BCUT2D eigenvalue weighted by Crippen LogP contribution is 2.45. The first-order chi connectivity index (χ1) is 12.7. The minimum absolute atomic E-state index is 0.0312. The van der Waals surface area contributed by atoms with Crippen molar-refractivity contribution < 1.29 is 4.79 Å². The van der Waals surface area contributed by atoms with Gasteiger partial charge in [-0.2, -0.15) is 0 Å². The molecule has 2 atom stereocenters. The topological polar surface area (TPSA) is 17.1 Å². The van der Waals surface area contributed by atoms with Crippen molar-refractivity contribution in [2.45, 2.75) is 23.0 Å². The summed E-state index contributed by atoms with van der Waals surface area (Å²) in [5.41, 5.74) is 3.21. The summed E-state index contributed by atoms with van der Waals surface area (Å²) in [6.45, 7) is 0. The van der Waals surface area contributed by atoms with Gasteiger partial charge in [0.15, 0.2) is 5.78 Å². The van der Waals surface area contributed by atoms with Crippen LogP contribution in [0.3, 0.4) is 0 Å². The smallest absolute Gasteiger partial charge is 0.167 e. The summed E-state index contributed by atoms with van der Waals surface area (Å²) in [4.78, 5) is 14.4. The number of rotatable bonds is 4. The van der Waals surface area contributed by atoms with Gasteiger partial charge in [-0.15, -0.1) is 11.8 Å². The molecule has 26 heavy (non-hydrogen) atoms. The van der Waals surface area contributed by atoms with E-state index in [2.05, 4.69) is 30.3 Å². The molecule has 130 valence electrons. The number of benzene rings is 3. The molecule has 1 aliphatic carbocycles. The van der Waals surface area contributed by atoms with Gasteiger partial charge in [0.2, 0.25) is 0 Å². The highest BCUT2D eigenvalue weighted by atomic mass is 35.5. The number of hydrogen-bond acceptors (Lipinski definition) is 2. The van der Waals surface area contributed by atoms with Crippen LogP contribution in [0.2, 0.25) is 5.02 Å². The molecule has 0 aliphatic heterocycles. The van der Waals surface area contributed by atoms with Crippen molar-refractivity contribution in [1.29, 1.82) is 0 Å². The molecule has 0 heterocycles. The second-order valence-corrected chi connectivity index (χ2v) is 8.22. The van der Waals surface area contributed by atoms with Crippen LogP contribution in [0.4, 0.5) is 0 Å². The van der Waals surface area contributed by atoms with E-state index in [1.807, 2.05) is 48.5 Å². The zero-order valence-corrected chi connectivity index (χ0v) is 15.8. The Morgan fingerprint density at radius 3 is 2.35 bits per heavy atom. The van der Waals surface area contributed by atoms with E-state index in [1.165, 1.54) is 10.5 Å². The number of aryl methyl sites for hydroxylation is 1. The third-order valence-corrected chi connectivity index (χ3v) is 6.57. The van der Waals surface area contributed by atoms with Crippen LogP contribution >= 0.6 is 23.4 Å². The first-order valence-electron chi connectivity index (χ1n) is 8.81. The van der Waals surface area contributed by atoms with Crippen molar-refractivity contribution in [2.75, 3.05) is 0 Å². The van der Waals surface area contributed by atoms with E-state index in [1.54, 1.807) is 11.8 Å². The predicted molar refractivity (Wildman–Crippen MR) is 109 cm³/mol. The molecule has 0 spiro atoms. The summed E-state index contributed by atoms with van der Waals surface area (Å²) in [7, 11) is 0. The van der Waals surface area contributed by atoms with Crippen LogP contribution in [0.5, 0.6) is 0 Å². The van der Waals surface area contributed by atoms with E-state index < -0.39 is 0 Å². The Bertz CT molecular complexity index is 905. The van der Waals surface area contributed by atoms with Crippen molar-refractivity contribution >= 4 is 29.1 Å². The number of ketones is 1. The molecular weight excluding hydrogens is 360 g/mol. The molecule has 3 heteroatoms. The van der Waals surface area contributed by atoms with Crippen molar-refractivity contribution in [1.82, 2.24) is 0 Å². The molecule has 0 bridgehead atoms. The van der Waals surface area contributed by atoms with Crippen LogP contribution < -0.4 is 0 Å². The van der Waals surface area contributed by atoms with Crippen LogP contribution in [0.15, 0.2) is 83.8 Å². The highest BCUT2D eigenvalue weighted by Gasteiger charge is 2.34. The van der Waals surface area contributed by atoms with Gasteiger partial charge in [-0.05, 0) is 48.2 Å². The molecule has 0 amide bonds. The van der Waals surface area contributed by atoms with Crippen LogP contribution in [0, 0.1) is 5.92 Å². The molecule has 0 fully saturated rings. The van der Waals surface area contributed by atoms with Gasteiger partial charge in [0, 0.05) is 26.6 Å². The minimum atomic E-state index is -0.0312. The maximum absolute atomic E-state index is 13.2. The van der Waals surface area contributed by atoms with Crippen molar-refractivity contribution in [3.63, 3.8) is 0 Å². The molecule has 0 radical (unpaired) electrons. The van der Waals surface area contributed by atoms with Gasteiger partial charge in [-0.25, -0.2) is 0 Å². The first-order valence-corrected chi connectivity index (χ1v) is 10.1. The Kier molecular flexibility index (Phi) is 5.14. The lowest BCUT2D eigenvalue weighted by molar-refractivity contribution is 0.0899. The number of Topliss-reactive ketones (excluding diaryl/α,β-unsaturated/α-hetero) is 1. The number of thioether (sulfide) groups is 1. The van der Waals surface area contributed by atoms with Gasteiger partial charge in [0.1, 0.15) is 0 Å². The van der Waals surface area contributed by atoms with E-state index in [4.69, 9.17) is 11.6 Å². The number of carbonyl (C=O) groups is 1. The largest absolute Gasteiger partial charge is 0.294 e. The maximum Gasteiger partial charge on any atom is 0.167 e. The Hall–Kier alpha value is -2.03. The van der Waals surface area contributed by atoms with Gasteiger partial charge >= 0.3 is 0 Å². The summed E-state index contributed by atoms with van der Waals surface area (Å²) in [6, 6.07) is 26.3. The minimum Gasteiger partial charge on any atom is -0.294 e. The SMILES string of the molecule is O=C1c2ccccc2CC[C@@H]1[C@H](Sc1ccccc1)c1ccc(Cl)cc1. The van der Waals surface area contributed by atoms with E-state index in [0.29, 0.717) is 0 Å². The zero-order chi connectivity index (χ0) is 17.9. The highest BCUT2D eigenvalue weighted by molar-refractivity contribution is 7.99. The summed E-state index contributed by atoms with van der Waals surface area (Å²) in [5, 5.41) is 0.799.